The molecule has 0 fully saturated rings. The number of hydrogen-bond donors (Lipinski definition) is 3. The first kappa shape index (κ1) is 15.9. The zero-order valence-corrected chi connectivity index (χ0v) is 15.4. The van der Waals surface area contributed by atoms with E-state index in [-0.39, 0.29) is 0 Å². The van der Waals surface area contributed by atoms with Gasteiger partial charge in [0.05, 0.1) is 23.1 Å². The van der Waals surface area contributed by atoms with Crippen molar-refractivity contribution in [2.24, 2.45) is 0 Å². The SMILES string of the molecule is c1cn2cc(-c3ccc4cn[nH]c4c3)nc(Nc3ccc4c(c3)NCCO4)c2n1. The first-order valence-electron chi connectivity index (χ1n) is 9.38. The number of aromatic nitrogens is 5. The summed E-state index contributed by atoms with van der Waals surface area (Å²) in [5, 5.41) is 15.0. The lowest BCUT2D eigenvalue weighted by Crippen LogP contribution is -2.17. The molecule has 4 heterocycles. The molecule has 29 heavy (non-hydrogen) atoms. The lowest BCUT2D eigenvalue weighted by atomic mass is 10.1. The number of fused-ring (bicyclic) bond motifs is 3. The molecular weight excluding hydrogens is 366 g/mol. The number of ether oxygens (including phenoxy) is 1. The Labute approximate surface area is 165 Å². The Kier molecular flexibility index (Phi) is 3.43. The van der Waals surface area contributed by atoms with Crippen molar-refractivity contribution in [3.63, 3.8) is 0 Å². The molecule has 8 nitrogen and oxygen atoms in total. The maximum Gasteiger partial charge on any atom is 0.180 e. The fraction of sp³-hybridized carbons (Fsp3) is 0.0952. The van der Waals surface area contributed by atoms with E-state index in [4.69, 9.17) is 9.72 Å². The van der Waals surface area contributed by atoms with Gasteiger partial charge >= 0.3 is 0 Å². The maximum atomic E-state index is 5.66. The van der Waals surface area contributed by atoms with Crippen molar-refractivity contribution in [1.29, 1.82) is 0 Å². The summed E-state index contributed by atoms with van der Waals surface area (Å²) in [4.78, 5) is 9.32. The number of hydrogen-bond acceptors (Lipinski definition) is 6. The average molecular weight is 383 g/mol. The molecule has 0 spiro atoms. The highest BCUT2D eigenvalue weighted by molar-refractivity contribution is 5.84. The van der Waals surface area contributed by atoms with Gasteiger partial charge in [-0.2, -0.15) is 5.10 Å². The third kappa shape index (κ3) is 2.73. The predicted molar refractivity (Wildman–Crippen MR) is 112 cm³/mol. The van der Waals surface area contributed by atoms with Crippen LogP contribution in [-0.2, 0) is 0 Å². The molecule has 0 radical (unpaired) electrons. The molecule has 2 aromatic carbocycles. The van der Waals surface area contributed by atoms with E-state index in [1.54, 1.807) is 6.20 Å². The van der Waals surface area contributed by atoms with E-state index in [1.807, 2.05) is 53.3 Å². The molecule has 0 saturated carbocycles. The smallest absolute Gasteiger partial charge is 0.180 e. The van der Waals surface area contributed by atoms with Gasteiger partial charge < -0.3 is 19.8 Å². The Morgan fingerprint density at radius 2 is 2.14 bits per heavy atom. The third-order valence-electron chi connectivity index (χ3n) is 5.03. The van der Waals surface area contributed by atoms with Crippen LogP contribution in [0.15, 0.2) is 61.2 Å². The minimum absolute atomic E-state index is 0.679. The van der Waals surface area contributed by atoms with E-state index in [0.717, 1.165) is 51.5 Å². The van der Waals surface area contributed by atoms with Crippen LogP contribution in [0.1, 0.15) is 0 Å². The van der Waals surface area contributed by atoms with Gasteiger partial charge in [-0.25, -0.2) is 9.97 Å². The predicted octanol–water partition coefficient (Wildman–Crippen LogP) is 3.82. The van der Waals surface area contributed by atoms with Crippen molar-refractivity contribution < 1.29 is 4.74 Å². The summed E-state index contributed by atoms with van der Waals surface area (Å²) in [6, 6.07) is 12.1. The first-order valence-corrected chi connectivity index (χ1v) is 9.38. The minimum Gasteiger partial charge on any atom is -0.490 e. The van der Waals surface area contributed by atoms with Crippen LogP contribution in [0.4, 0.5) is 17.2 Å². The largest absolute Gasteiger partial charge is 0.490 e. The number of imidazole rings is 1. The molecule has 0 amide bonds. The number of aromatic amines is 1. The van der Waals surface area contributed by atoms with Gasteiger partial charge in [-0.3, -0.25) is 5.10 Å². The van der Waals surface area contributed by atoms with Crippen LogP contribution >= 0.6 is 0 Å². The Balaban J connectivity index is 1.43. The quantitative estimate of drug-likeness (QED) is 0.439. The molecule has 5 aromatic rings. The normalized spacial score (nSPS) is 13.1. The summed E-state index contributed by atoms with van der Waals surface area (Å²) in [7, 11) is 0. The van der Waals surface area contributed by atoms with Gasteiger partial charge in [0, 0.05) is 41.8 Å². The summed E-state index contributed by atoms with van der Waals surface area (Å²) < 4.78 is 7.64. The van der Waals surface area contributed by atoms with Crippen LogP contribution in [-0.4, -0.2) is 37.7 Å². The molecule has 0 unspecified atom stereocenters. The van der Waals surface area contributed by atoms with Crippen molar-refractivity contribution >= 4 is 33.7 Å². The van der Waals surface area contributed by atoms with Crippen LogP contribution in [0.2, 0.25) is 0 Å². The standard InChI is InChI=1S/C21H17N7O/c1-2-14-11-24-27-16(14)9-13(1)18-12-28-7-5-23-21(28)20(26-18)25-15-3-4-19-17(10-15)22-6-8-29-19/h1-5,7,9-12,22H,6,8H2,(H,24,27)(H,25,26). The number of benzene rings is 2. The monoisotopic (exact) mass is 383 g/mol. The Hall–Kier alpha value is -4.07. The fourth-order valence-electron chi connectivity index (χ4n) is 3.61. The highest BCUT2D eigenvalue weighted by atomic mass is 16.5. The first-order chi connectivity index (χ1) is 14.3. The van der Waals surface area contributed by atoms with Crippen LogP contribution in [0.3, 0.4) is 0 Å². The topological polar surface area (TPSA) is 92.2 Å². The molecule has 1 aliphatic heterocycles. The lowest BCUT2D eigenvalue weighted by Gasteiger charge is -2.20. The summed E-state index contributed by atoms with van der Waals surface area (Å²) in [5.74, 6) is 1.55. The summed E-state index contributed by atoms with van der Waals surface area (Å²) in [6.45, 7) is 1.48. The molecule has 3 aromatic heterocycles. The van der Waals surface area contributed by atoms with Crippen LogP contribution in [0.5, 0.6) is 5.75 Å². The summed E-state index contributed by atoms with van der Waals surface area (Å²) in [5.41, 5.74) is 5.47. The van der Waals surface area contributed by atoms with Crippen molar-refractivity contribution in [3.8, 4) is 17.0 Å². The minimum atomic E-state index is 0.679. The van der Waals surface area contributed by atoms with Crippen molar-refractivity contribution in [3.05, 3.63) is 61.2 Å². The zero-order valence-electron chi connectivity index (χ0n) is 15.4. The zero-order chi connectivity index (χ0) is 19.2. The van der Waals surface area contributed by atoms with Gasteiger partial charge in [0.15, 0.2) is 11.5 Å². The molecule has 0 aliphatic carbocycles. The number of nitrogens with zero attached hydrogens (tertiary/aromatic N) is 4. The number of rotatable bonds is 3. The fourth-order valence-corrected chi connectivity index (χ4v) is 3.61. The molecule has 8 heteroatoms. The van der Waals surface area contributed by atoms with E-state index in [0.29, 0.717) is 12.4 Å². The second-order valence-corrected chi connectivity index (χ2v) is 6.92. The molecule has 0 bridgehead atoms. The summed E-state index contributed by atoms with van der Waals surface area (Å²) in [6.07, 6.45) is 7.48. The highest BCUT2D eigenvalue weighted by Crippen LogP contribution is 2.32. The average Bonchev–Trinajstić information content (AvgIpc) is 3.42. The lowest BCUT2D eigenvalue weighted by molar-refractivity contribution is 0.323. The Morgan fingerprint density at radius 3 is 3.14 bits per heavy atom. The summed E-state index contributed by atoms with van der Waals surface area (Å²) >= 11 is 0. The molecule has 142 valence electrons. The van der Waals surface area contributed by atoms with Crippen molar-refractivity contribution in [1.82, 2.24) is 24.6 Å². The van der Waals surface area contributed by atoms with Crippen molar-refractivity contribution in [2.75, 3.05) is 23.8 Å². The van der Waals surface area contributed by atoms with Crippen LogP contribution in [0, 0.1) is 0 Å². The highest BCUT2D eigenvalue weighted by Gasteiger charge is 2.13. The van der Waals surface area contributed by atoms with E-state index in [2.05, 4.69) is 31.9 Å². The van der Waals surface area contributed by atoms with Crippen LogP contribution < -0.4 is 15.4 Å². The van der Waals surface area contributed by atoms with Gasteiger partial charge in [-0.1, -0.05) is 12.1 Å². The molecular formula is C21H17N7O. The molecule has 1 aliphatic rings. The van der Waals surface area contributed by atoms with Crippen LogP contribution in [0.25, 0.3) is 27.8 Å². The van der Waals surface area contributed by atoms with Gasteiger partial charge in [-0.15, -0.1) is 0 Å². The van der Waals surface area contributed by atoms with E-state index >= 15 is 0 Å². The Morgan fingerprint density at radius 1 is 1.14 bits per heavy atom. The maximum absolute atomic E-state index is 5.66. The molecule has 3 N–H and O–H groups in total. The van der Waals surface area contributed by atoms with Gasteiger partial charge in [0.25, 0.3) is 0 Å². The number of anilines is 3. The van der Waals surface area contributed by atoms with Gasteiger partial charge in [0.2, 0.25) is 0 Å². The van der Waals surface area contributed by atoms with E-state index in [1.165, 1.54) is 0 Å². The molecule has 0 saturated heterocycles. The number of H-pyrrole nitrogens is 1. The molecule has 6 rings (SSSR count). The van der Waals surface area contributed by atoms with Gasteiger partial charge in [0.1, 0.15) is 12.4 Å². The second kappa shape index (κ2) is 6.23. The second-order valence-electron chi connectivity index (χ2n) is 6.92. The van der Waals surface area contributed by atoms with E-state index in [9.17, 15) is 0 Å². The van der Waals surface area contributed by atoms with Gasteiger partial charge in [-0.05, 0) is 24.3 Å². The van der Waals surface area contributed by atoms with E-state index < -0.39 is 0 Å². The van der Waals surface area contributed by atoms with Crippen molar-refractivity contribution in [2.45, 2.75) is 0 Å². The molecule has 0 atom stereocenters. The number of nitrogens with one attached hydrogen (secondary N) is 3. The third-order valence-corrected chi connectivity index (χ3v) is 5.03. The Bertz CT molecular complexity index is 1350.